The fraction of sp³-hybridized carbons (Fsp3) is 0.222. The Morgan fingerprint density at radius 2 is 1.81 bits per heavy atom. The summed E-state index contributed by atoms with van der Waals surface area (Å²) in [6.45, 7) is 9.90. The summed E-state index contributed by atoms with van der Waals surface area (Å²) in [5, 5.41) is 0. The number of rotatable bonds is 5. The molecule has 0 saturated carbocycles. The third-order valence-corrected chi connectivity index (χ3v) is 1.79. The molecule has 16 heavy (non-hydrogen) atoms. The summed E-state index contributed by atoms with van der Waals surface area (Å²) in [6.07, 6.45) is 3.01. The van der Waals surface area contributed by atoms with E-state index >= 15 is 0 Å². The first-order valence-corrected chi connectivity index (χ1v) is 5.48. The van der Waals surface area contributed by atoms with Gasteiger partial charge in [-0.1, -0.05) is 24.8 Å². The van der Waals surface area contributed by atoms with Gasteiger partial charge in [-0.15, -0.1) is 6.58 Å². The van der Waals surface area contributed by atoms with Crippen molar-refractivity contribution in [1.82, 2.24) is 0 Å². The van der Waals surface area contributed by atoms with Crippen LogP contribution in [0.1, 0.15) is 7.85 Å². The largest absolute Gasteiger partial charge is 1.00 e. The van der Waals surface area contributed by atoms with Gasteiger partial charge < -0.3 is 7.16 Å². The van der Waals surface area contributed by atoms with Crippen LogP contribution in [0.5, 0.6) is 0 Å². The van der Waals surface area contributed by atoms with Gasteiger partial charge in [-0.3, -0.25) is 9.35 Å². The summed E-state index contributed by atoms with van der Waals surface area (Å²) in [5.41, 5.74) is 4.98. The minimum atomic E-state index is -3.89. The van der Waals surface area contributed by atoms with Crippen LogP contribution in [-0.2, 0) is 14.9 Å². The van der Waals surface area contributed by atoms with Crippen LogP contribution >= 0.6 is 0 Å². The number of carbonyl (C=O) groups excluding carboxylic acids is 1. The van der Waals surface area contributed by atoms with Crippen molar-refractivity contribution in [2.24, 2.45) is 5.73 Å². The van der Waals surface area contributed by atoms with E-state index in [0.717, 1.165) is 6.08 Å². The molecule has 0 unspecified atom stereocenters. The smallest absolute Gasteiger partial charge is 1.00 e. The number of hydrogen-bond donors (Lipinski definition) is 2. The van der Waals surface area contributed by atoms with Gasteiger partial charge >= 0.3 is 29.6 Å². The fourth-order valence-corrected chi connectivity index (χ4v) is 1.15. The molecule has 0 rings (SSSR count). The van der Waals surface area contributed by atoms with Crippen LogP contribution in [0.4, 0.5) is 0 Å². The van der Waals surface area contributed by atoms with Crippen LogP contribution in [0.3, 0.4) is 0 Å². The molecule has 0 bridgehead atoms. The van der Waals surface area contributed by atoms with E-state index < -0.39 is 16.0 Å². The van der Waals surface area contributed by atoms with Crippen LogP contribution in [0, 0.1) is 0 Å². The monoisotopic (exact) mass is 257 g/mol. The number of hydrogen-bond acceptors (Lipinski definition) is 3. The maximum Gasteiger partial charge on any atom is 1.00 e. The Kier molecular flexibility index (Phi) is 14.5. The molecule has 0 saturated heterocycles. The molecule has 0 fully saturated rings. The van der Waals surface area contributed by atoms with Gasteiger partial charge in [0, 0.05) is 0 Å². The second kappa shape index (κ2) is 11.1. The first-order valence-electron chi connectivity index (χ1n) is 3.87. The standard InChI is InChI=1S/C6H10O3S.C3H5NO.Na.H/c1-3-4-6(2)5-10(7,8)9;1-2-3(4)5;;/h3H,1-2,4-5H2,(H,7,8,9);2H,1H2,(H2,4,5);;/q;;+1;-1. The first kappa shape index (κ1) is 20.9. The van der Waals surface area contributed by atoms with E-state index in [-0.39, 0.29) is 36.7 Å². The second-order valence-corrected chi connectivity index (χ2v) is 4.03. The topological polar surface area (TPSA) is 97.5 Å². The maximum atomic E-state index is 10.2. The number of nitrogens with two attached hydrogens (primary N) is 1. The minimum Gasteiger partial charge on any atom is -1.00 e. The molecule has 0 aromatic heterocycles. The van der Waals surface area contributed by atoms with Crippen molar-refractivity contribution < 1.29 is 48.7 Å². The van der Waals surface area contributed by atoms with E-state index in [1.165, 1.54) is 6.08 Å². The zero-order valence-electron chi connectivity index (χ0n) is 10.3. The molecule has 0 aliphatic carbocycles. The average Bonchev–Trinajstić information content (AvgIpc) is 2.02. The minimum absolute atomic E-state index is 0. The van der Waals surface area contributed by atoms with E-state index in [2.05, 4.69) is 25.5 Å². The van der Waals surface area contributed by atoms with Gasteiger partial charge in [0.05, 0.1) is 5.75 Å². The number of amides is 1. The zero-order chi connectivity index (χ0) is 12.5. The molecule has 0 aromatic carbocycles. The maximum absolute atomic E-state index is 10.2. The fourth-order valence-electron chi connectivity index (χ4n) is 0.521. The predicted molar refractivity (Wildman–Crippen MR) is 60.9 cm³/mol. The van der Waals surface area contributed by atoms with Crippen LogP contribution in [0.15, 0.2) is 37.5 Å². The Hall–Kier alpha value is -0.400. The normalized spacial score (nSPS) is 8.81. The van der Waals surface area contributed by atoms with Gasteiger partial charge in [-0.05, 0) is 12.5 Å². The van der Waals surface area contributed by atoms with Gasteiger partial charge in [0.2, 0.25) is 5.91 Å². The molecule has 88 valence electrons. The van der Waals surface area contributed by atoms with Crippen LogP contribution < -0.4 is 35.3 Å². The van der Waals surface area contributed by atoms with Crippen molar-refractivity contribution in [1.29, 1.82) is 0 Å². The Balaban J connectivity index is -0.000000105. The van der Waals surface area contributed by atoms with Gasteiger partial charge in [0.1, 0.15) is 0 Å². The first-order chi connectivity index (χ1) is 6.72. The Labute approximate surface area is 120 Å². The summed E-state index contributed by atoms with van der Waals surface area (Å²) in [4.78, 5) is 9.47. The Bertz CT molecular complexity index is 354. The number of carbonyl (C=O) groups is 1. The molecule has 0 aliphatic heterocycles. The molecule has 0 heterocycles. The SMILES string of the molecule is C=CC(N)=O.C=CCC(=C)CS(=O)(=O)O.[H-].[Na+]. The van der Waals surface area contributed by atoms with Crippen molar-refractivity contribution in [3.63, 3.8) is 0 Å². The van der Waals surface area contributed by atoms with Crippen LogP contribution in [-0.4, -0.2) is 24.6 Å². The summed E-state index contributed by atoms with van der Waals surface area (Å²) >= 11 is 0. The van der Waals surface area contributed by atoms with E-state index in [9.17, 15) is 13.2 Å². The van der Waals surface area contributed by atoms with Gasteiger partial charge in [0.25, 0.3) is 10.1 Å². The van der Waals surface area contributed by atoms with Gasteiger partial charge in [-0.2, -0.15) is 8.42 Å². The molecule has 5 nitrogen and oxygen atoms in total. The van der Waals surface area contributed by atoms with Crippen molar-refractivity contribution in [3.8, 4) is 0 Å². The Morgan fingerprint density at radius 3 is 2.00 bits per heavy atom. The van der Waals surface area contributed by atoms with Crippen molar-refractivity contribution in [2.45, 2.75) is 6.42 Å². The van der Waals surface area contributed by atoms with E-state index in [1.807, 2.05) is 0 Å². The summed E-state index contributed by atoms with van der Waals surface area (Å²) in [6, 6.07) is 0. The van der Waals surface area contributed by atoms with Gasteiger partial charge in [-0.25, -0.2) is 0 Å². The predicted octanol–water partition coefficient (Wildman–Crippen LogP) is -2.22. The van der Waals surface area contributed by atoms with Crippen LogP contribution in [0.2, 0.25) is 0 Å². The molecule has 0 aromatic rings. The molecule has 0 spiro atoms. The molecule has 0 aliphatic rings. The van der Waals surface area contributed by atoms with Crippen molar-refractivity contribution in [3.05, 3.63) is 37.5 Å². The van der Waals surface area contributed by atoms with Crippen molar-refractivity contribution in [2.75, 3.05) is 5.75 Å². The molecule has 1 amide bonds. The third-order valence-electron chi connectivity index (χ3n) is 1.02. The molecule has 7 heteroatoms. The molecule has 0 radical (unpaired) electrons. The quantitative estimate of drug-likeness (QED) is 0.252. The van der Waals surface area contributed by atoms with Gasteiger partial charge in [0.15, 0.2) is 0 Å². The summed E-state index contributed by atoms with van der Waals surface area (Å²) in [7, 11) is -3.89. The molecule has 0 atom stereocenters. The van der Waals surface area contributed by atoms with Crippen LogP contribution in [0.25, 0.3) is 0 Å². The van der Waals surface area contributed by atoms with Crippen molar-refractivity contribution >= 4 is 16.0 Å². The average molecular weight is 257 g/mol. The Morgan fingerprint density at radius 1 is 1.44 bits per heavy atom. The summed E-state index contributed by atoms with van der Waals surface area (Å²) in [5.74, 6) is -0.857. The molecule has 3 N–H and O–H groups in total. The second-order valence-electron chi connectivity index (χ2n) is 2.58. The third kappa shape index (κ3) is 23.4. The number of allylic oxidation sites excluding steroid dienone is 1. The molecular weight excluding hydrogens is 241 g/mol. The molecular formula is C9H16NNaO4S. The van der Waals surface area contributed by atoms with E-state index in [0.29, 0.717) is 12.0 Å². The van der Waals surface area contributed by atoms with E-state index in [1.54, 1.807) is 0 Å². The summed E-state index contributed by atoms with van der Waals surface area (Å²) < 4.78 is 28.6. The zero-order valence-corrected chi connectivity index (χ0v) is 12.2. The van der Waals surface area contributed by atoms with E-state index in [4.69, 9.17) is 4.55 Å². The number of primary amides is 1.